The van der Waals surface area contributed by atoms with Crippen LogP contribution >= 0.6 is 0 Å². The second kappa shape index (κ2) is 5.25. The first-order valence-corrected chi connectivity index (χ1v) is 6.41. The number of hydrogen-bond donors (Lipinski definition) is 0. The van der Waals surface area contributed by atoms with Gasteiger partial charge in [-0.05, 0) is 24.3 Å². The van der Waals surface area contributed by atoms with Crippen molar-refractivity contribution in [3.8, 4) is 23.1 Å². The number of nitrogens with zero attached hydrogens (tertiary/aromatic N) is 3. The summed E-state index contributed by atoms with van der Waals surface area (Å²) in [6.07, 6.45) is 1.86. The minimum Gasteiger partial charge on any atom is -0.497 e. The zero-order valence-corrected chi connectivity index (χ0v) is 11.4. The van der Waals surface area contributed by atoms with Gasteiger partial charge in [0.15, 0.2) is 11.5 Å². The van der Waals surface area contributed by atoms with E-state index in [1.165, 1.54) is 6.07 Å². The molecule has 3 aromatic rings. The van der Waals surface area contributed by atoms with Crippen molar-refractivity contribution in [1.82, 2.24) is 9.38 Å². The molecule has 0 atom stereocenters. The van der Waals surface area contributed by atoms with Crippen molar-refractivity contribution >= 4 is 5.65 Å². The van der Waals surface area contributed by atoms with Crippen molar-refractivity contribution in [1.29, 1.82) is 5.26 Å². The van der Waals surface area contributed by atoms with Crippen molar-refractivity contribution in [2.75, 3.05) is 7.11 Å². The molecule has 21 heavy (non-hydrogen) atoms. The number of imidazole rings is 1. The highest BCUT2D eigenvalue weighted by Gasteiger charge is 2.16. The highest BCUT2D eigenvalue weighted by atomic mass is 19.1. The molecule has 5 heteroatoms. The smallest absolute Gasteiger partial charge is 0.174 e. The van der Waals surface area contributed by atoms with Gasteiger partial charge >= 0.3 is 0 Å². The molecule has 0 aliphatic carbocycles. The fraction of sp³-hybridized carbons (Fsp3) is 0.125. The highest BCUT2D eigenvalue weighted by molar-refractivity contribution is 5.68. The molecule has 0 bridgehead atoms. The third kappa shape index (κ3) is 2.21. The molecular weight excluding hydrogens is 269 g/mol. The topological polar surface area (TPSA) is 50.3 Å². The number of halogens is 1. The van der Waals surface area contributed by atoms with Gasteiger partial charge in [-0.3, -0.25) is 4.40 Å². The number of fused-ring (bicyclic) bond motifs is 1. The number of ether oxygens (including phenoxy) is 1. The number of hydrogen-bond acceptors (Lipinski definition) is 3. The molecule has 0 aliphatic rings. The third-order valence-electron chi connectivity index (χ3n) is 3.29. The number of methoxy groups -OCH3 is 1. The zero-order chi connectivity index (χ0) is 14.8. The van der Waals surface area contributed by atoms with E-state index >= 15 is 0 Å². The Kier molecular flexibility index (Phi) is 3.28. The quantitative estimate of drug-likeness (QED) is 0.740. The number of pyridine rings is 1. The molecule has 0 radical (unpaired) electrons. The van der Waals surface area contributed by atoms with E-state index in [0.29, 0.717) is 17.1 Å². The molecular formula is C16H12FN3O. The van der Waals surface area contributed by atoms with E-state index in [0.717, 1.165) is 5.56 Å². The predicted molar refractivity (Wildman–Crippen MR) is 76.5 cm³/mol. The maximum Gasteiger partial charge on any atom is 0.174 e. The third-order valence-corrected chi connectivity index (χ3v) is 3.29. The summed E-state index contributed by atoms with van der Waals surface area (Å²) in [5, 5.41) is 9.03. The molecule has 0 saturated heterocycles. The van der Waals surface area contributed by atoms with Crippen molar-refractivity contribution in [2.24, 2.45) is 0 Å². The van der Waals surface area contributed by atoms with Gasteiger partial charge in [-0.25, -0.2) is 9.37 Å². The van der Waals surface area contributed by atoms with Gasteiger partial charge in [-0.15, -0.1) is 0 Å². The molecule has 0 unspecified atom stereocenters. The van der Waals surface area contributed by atoms with Crippen LogP contribution in [-0.2, 0) is 6.42 Å². The Morgan fingerprint density at radius 2 is 2.19 bits per heavy atom. The Bertz CT molecular complexity index is 848. The Hall–Kier alpha value is -2.87. The number of benzene rings is 1. The Morgan fingerprint density at radius 3 is 2.95 bits per heavy atom. The minimum absolute atomic E-state index is 0.150. The zero-order valence-electron chi connectivity index (χ0n) is 11.4. The molecule has 0 amide bonds. The fourth-order valence-electron chi connectivity index (χ4n) is 2.33. The summed E-state index contributed by atoms with van der Waals surface area (Å²) in [6.45, 7) is 0. The molecule has 2 aromatic heterocycles. The van der Waals surface area contributed by atoms with Gasteiger partial charge in [0.05, 0.1) is 31.0 Å². The molecule has 4 nitrogen and oxygen atoms in total. The normalized spacial score (nSPS) is 10.5. The summed E-state index contributed by atoms with van der Waals surface area (Å²) in [5.41, 5.74) is 2.28. The van der Waals surface area contributed by atoms with Crippen LogP contribution in [-0.4, -0.2) is 16.5 Å². The lowest BCUT2D eigenvalue weighted by Gasteiger charge is -2.04. The first-order valence-electron chi connectivity index (χ1n) is 6.41. The van der Waals surface area contributed by atoms with E-state index in [2.05, 4.69) is 11.1 Å². The van der Waals surface area contributed by atoms with Gasteiger partial charge in [0.25, 0.3) is 0 Å². The number of aromatic nitrogens is 2. The average Bonchev–Trinajstić information content (AvgIpc) is 2.88. The summed E-state index contributed by atoms with van der Waals surface area (Å²) in [7, 11) is 1.58. The van der Waals surface area contributed by atoms with Crippen LogP contribution in [0.1, 0.15) is 5.69 Å². The molecule has 2 heterocycles. The van der Waals surface area contributed by atoms with E-state index in [1.54, 1.807) is 23.8 Å². The van der Waals surface area contributed by atoms with Crippen molar-refractivity contribution < 1.29 is 9.13 Å². The molecule has 0 fully saturated rings. The standard InChI is InChI=1S/C16H12FN3O/c1-21-12-5-2-4-11(10-12)15-14(7-8-18)20-9-3-6-13(17)16(20)19-15/h2-6,9-10H,7H2,1H3. The Labute approximate surface area is 121 Å². The van der Waals surface area contributed by atoms with E-state index in [4.69, 9.17) is 10.00 Å². The maximum atomic E-state index is 13.9. The molecule has 104 valence electrons. The SMILES string of the molecule is COc1cccc(-c2nc3c(F)cccn3c2CC#N)c1. The summed E-state index contributed by atoms with van der Waals surface area (Å²) in [5.74, 6) is 0.277. The van der Waals surface area contributed by atoms with Crippen molar-refractivity contribution in [3.63, 3.8) is 0 Å². The first kappa shape index (κ1) is 13.1. The first-order chi connectivity index (χ1) is 10.2. The minimum atomic E-state index is -0.411. The number of nitriles is 1. The summed E-state index contributed by atoms with van der Waals surface area (Å²) in [6, 6.07) is 12.4. The second-order valence-corrected chi connectivity index (χ2v) is 4.52. The Balaban J connectivity index is 2.28. The molecule has 0 N–H and O–H groups in total. The van der Waals surface area contributed by atoms with Crippen LogP contribution in [0.15, 0.2) is 42.6 Å². The summed E-state index contributed by atoms with van der Waals surface area (Å²) < 4.78 is 20.7. The molecule has 3 rings (SSSR count). The summed E-state index contributed by atoms with van der Waals surface area (Å²) in [4.78, 5) is 4.36. The van der Waals surface area contributed by atoms with E-state index in [1.807, 2.05) is 24.3 Å². The van der Waals surface area contributed by atoms with Crippen LogP contribution in [0.5, 0.6) is 5.75 Å². The fourth-order valence-corrected chi connectivity index (χ4v) is 2.33. The number of rotatable bonds is 3. The van der Waals surface area contributed by atoms with Crippen molar-refractivity contribution in [2.45, 2.75) is 6.42 Å². The van der Waals surface area contributed by atoms with Gasteiger partial charge < -0.3 is 4.74 Å². The highest BCUT2D eigenvalue weighted by Crippen LogP contribution is 2.28. The van der Waals surface area contributed by atoms with E-state index < -0.39 is 5.82 Å². The van der Waals surface area contributed by atoms with Crippen LogP contribution in [0.4, 0.5) is 4.39 Å². The second-order valence-electron chi connectivity index (χ2n) is 4.52. The monoisotopic (exact) mass is 281 g/mol. The van der Waals surface area contributed by atoms with E-state index in [-0.39, 0.29) is 12.1 Å². The van der Waals surface area contributed by atoms with Crippen LogP contribution in [0.25, 0.3) is 16.9 Å². The van der Waals surface area contributed by atoms with Gasteiger partial charge in [0.1, 0.15) is 5.75 Å². The van der Waals surface area contributed by atoms with Gasteiger partial charge in [0.2, 0.25) is 0 Å². The van der Waals surface area contributed by atoms with Crippen LogP contribution in [0.3, 0.4) is 0 Å². The largest absolute Gasteiger partial charge is 0.497 e. The van der Waals surface area contributed by atoms with Crippen LogP contribution < -0.4 is 4.74 Å². The lowest BCUT2D eigenvalue weighted by molar-refractivity contribution is 0.415. The van der Waals surface area contributed by atoms with E-state index in [9.17, 15) is 4.39 Å². The van der Waals surface area contributed by atoms with Gasteiger partial charge in [-0.1, -0.05) is 12.1 Å². The average molecular weight is 281 g/mol. The molecule has 0 aliphatic heterocycles. The lowest BCUT2D eigenvalue weighted by Crippen LogP contribution is -1.94. The van der Waals surface area contributed by atoms with Gasteiger partial charge in [-0.2, -0.15) is 5.26 Å². The molecule has 0 saturated carbocycles. The predicted octanol–water partition coefficient (Wildman–Crippen LogP) is 3.22. The van der Waals surface area contributed by atoms with Crippen molar-refractivity contribution in [3.05, 3.63) is 54.1 Å². The molecule has 0 spiro atoms. The van der Waals surface area contributed by atoms with Crippen LogP contribution in [0, 0.1) is 17.1 Å². The maximum absolute atomic E-state index is 13.9. The Morgan fingerprint density at radius 1 is 1.33 bits per heavy atom. The van der Waals surface area contributed by atoms with Gasteiger partial charge in [0, 0.05) is 11.8 Å². The lowest BCUT2D eigenvalue weighted by atomic mass is 10.1. The molecule has 1 aromatic carbocycles. The van der Waals surface area contributed by atoms with Crippen LogP contribution in [0.2, 0.25) is 0 Å². The summed E-state index contributed by atoms with van der Waals surface area (Å²) >= 11 is 0.